The first-order valence-electron chi connectivity index (χ1n) is 10.8. The van der Waals surface area contributed by atoms with Crippen LogP contribution in [0.5, 0.6) is 0 Å². The minimum absolute atomic E-state index is 0.00549. The van der Waals surface area contributed by atoms with Gasteiger partial charge in [0, 0.05) is 5.56 Å². The maximum Gasteiger partial charge on any atom is 0.272 e. The Kier molecular flexibility index (Phi) is 4.51. The fraction of sp³-hybridized carbons (Fsp3) is 0.120. The summed E-state index contributed by atoms with van der Waals surface area (Å²) in [5, 5.41) is 6.87. The van der Waals surface area contributed by atoms with Gasteiger partial charge in [0.05, 0.1) is 11.1 Å². The molecule has 0 radical (unpaired) electrons. The summed E-state index contributed by atoms with van der Waals surface area (Å²) in [4.78, 5) is 22.9. The van der Waals surface area contributed by atoms with E-state index in [9.17, 15) is 13.6 Å². The number of rotatable bonds is 2. The molecule has 0 atom stereocenters. The SMILES string of the molecule is Nc1n[nH]c2nc3nc4c(c(-c5ccc(F)cc5)c3c(=O)n12)CCC/C4=C/c1ccc(F)cc1. The van der Waals surface area contributed by atoms with Crippen molar-refractivity contribution in [3.05, 3.63) is 87.3 Å². The van der Waals surface area contributed by atoms with E-state index in [1.807, 2.05) is 6.08 Å². The zero-order valence-corrected chi connectivity index (χ0v) is 17.8. The summed E-state index contributed by atoms with van der Waals surface area (Å²) in [6.45, 7) is 0. The molecule has 7 nitrogen and oxygen atoms in total. The molecule has 3 aromatic heterocycles. The predicted molar refractivity (Wildman–Crippen MR) is 126 cm³/mol. The minimum atomic E-state index is -0.393. The third-order valence-corrected chi connectivity index (χ3v) is 6.14. The zero-order chi connectivity index (χ0) is 23.4. The number of benzene rings is 2. The molecular formula is C25H18F2N6O. The van der Waals surface area contributed by atoms with Crippen LogP contribution in [-0.2, 0) is 6.42 Å². The van der Waals surface area contributed by atoms with Gasteiger partial charge in [-0.25, -0.2) is 23.3 Å². The quantitative estimate of drug-likeness (QED) is 0.411. The van der Waals surface area contributed by atoms with Gasteiger partial charge in [0.15, 0.2) is 5.65 Å². The van der Waals surface area contributed by atoms with Gasteiger partial charge < -0.3 is 5.73 Å². The van der Waals surface area contributed by atoms with Gasteiger partial charge >= 0.3 is 0 Å². The molecule has 0 amide bonds. The Morgan fingerprint density at radius 3 is 2.41 bits per heavy atom. The van der Waals surface area contributed by atoms with Crippen LogP contribution in [0.2, 0.25) is 0 Å². The van der Waals surface area contributed by atoms with Crippen molar-refractivity contribution in [2.45, 2.75) is 19.3 Å². The first kappa shape index (κ1) is 20.2. The number of H-pyrrole nitrogens is 1. The van der Waals surface area contributed by atoms with E-state index in [0.29, 0.717) is 22.9 Å². The number of nitrogens with zero attached hydrogens (tertiary/aromatic N) is 4. The molecule has 3 heterocycles. The summed E-state index contributed by atoms with van der Waals surface area (Å²) in [6.07, 6.45) is 4.27. The smallest absolute Gasteiger partial charge is 0.272 e. The number of halogens is 2. The summed E-state index contributed by atoms with van der Waals surface area (Å²) in [7, 11) is 0. The first-order valence-corrected chi connectivity index (χ1v) is 10.8. The van der Waals surface area contributed by atoms with E-state index >= 15 is 0 Å². The van der Waals surface area contributed by atoms with E-state index in [2.05, 4.69) is 15.2 Å². The zero-order valence-electron chi connectivity index (χ0n) is 17.8. The number of fused-ring (bicyclic) bond motifs is 3. The van der Waals surface area contributed by atoms with E-state index < -0.39 is 5.56 Å². The van der Waals surface area contributed by atoms with Crippen molar-refractivity contribution in [3.63, 3.8) is 0 Å². The van der Waals surface area contributed by atoms with Gasteiger partial charge in [0.1, 0.15) is 11.6 Å². The standard InChI is InChI=1S/C25H18F2N6O/c26-16-8-4-13(5-9-16)12-15-2-1-3-18-19(14-6-10-17(27)11-7-14)20-22(29-21(15)18)30-25-32-31-24(28)33(25)23(20)34/h4-12H,1-3H2,(H2,28,31)(H,29,30,32)/b15-12-. The molecule has 9 heteroatoms. The van der Waals surface area contributed by atoms with Gasteiger partial charge in [0.2, 0.25) is 11.7 Å². The summed E-state index contributed by atoms with van der Waals surface area (Å²) in [5.41, 5.74) is 10.5. The fourth-order valence-electron chi connectivity index (χ4n) is 4.62. The average Bonchev–Trinajstić information content (AvgIpc) is 3.21. The summed E-state index contributed by atoms with van der Waals surface area (Å²) < 4.78 is 28.3. The lowest BCUT2D eigenvalue weighted by Gasteiger charge is -2.23. The van der Waals surface area contributed by atoms with Crippen LogP contribution in [0.1, 0.15) is 29.7 Å². The number of aromatic nitrogens is 5. The number of nitrogens with one attached hydrogen (secondary N) is 1. The van der Waals surface area contributed by atoms with Crippen molar-refractivity contribution in [1.82, 2.24) is 24.6 Å². The molecule has 0 unspecified atom stereocenters. The highest BCUT2D eigenvalue weighted by Crippen LogP contribution is 2.39. The second kappa shape index (κ2) is 7.58. The van der Waals surface area contributed by atoms with Gasteiger partial charge in [-0.2, -0.15) is 4.98 Å². The number of hydrogen-bond acceptors (Lipinski definition) is 5. The van der Waals surface area contributed by atoms with Gasteiger partial charge in [-0.1, -0.05) is 24.3 Å². The molecule has 0 saturated heterocycles. The Morgan fingerprint density at radius 2 is 1.68 bits per heavy atom. The van der Waals surface area contributed by atoms with Crippen molar-refractivity contribution in [3.8, 4) is 11.1 Å². The molecule has 0 saturated carbocycles. The monoisotopic (exact) mass is 456 g/mol. The lowest BCUT2D eigenvalue weighted by molar-refractivity contribution is 0.627. The first-order chi connectivity index (χ1) is 16.5. The number of nitrogen functional groups attached to an aromatic ring is 1. The van der Waals surface area contributed by atoms with Crippen LogP contribution in [0.3, 0.4) is 0 Å². The molecule has 5 aromatic rings. The highest BCUT2D eigenvalue weighted by atomic mass is 19.1. The van der Waals surface area contributed by atoms with E-state index in [4.69, 9.17) is 10.7 Å². The van der Waals surface area contributed by atoms with Crippen LogP contribution < -0.4 is 11.3 Å². The molecule has 0 aliphatic heterocycles. The number of anilines is 1. The van der Waals surface area contributed by atoms with Crippen molar-refractivity contribution in [1.29, 1.82) is 0 Å². The predicted octanol–water partition coefficient (Wildman–Crippen LogP) is 4.37. The largest absolute Gasteiger partial charge is 0.368 e. The van der Waals surface area contributed by atoms with Crippen molar-refractivity contribution in [2.75, 3.05) is 5.73 Å². The number of aromatic amines is 1. The molecule has 0 bridgehead atoms. The van der Waals surface area contributed by atoms with E-state index in [1.54, 1.807) is 24.3 Å². The Balaban J connectivity index is 1.71. The maximum atomic E-state index is 13.7. The third kappa shape index (κ3) is 3.16. The Bertz CT molecular complexity index is 1670. The molecule has 1 aliphatic rings. The Labute approximate surface area is 191 Å². The minimum Gasteiger partial charge on any atom is -0.368 e. The molecule has 2 aromatic carbocycles. The van der Waals surface area contributed by atoms with Crippen molar-refractivity contribution < 1.29 is 8.78 Å². The molecule has 34 heavy (non-hydrogen) atoms. The van der Waals surface area contributed by atoms with Crippen LogP contribution in [-0.4, -0.2) is 24.6 Å². The number of pyridine rings is 1. The van der Waals surface area contributed by atoms with Crippen LogP contribution in [0.25, 0.3) is 39.6 Å². The van der Waals surface area contributed by atoms with Crippen molar-refractivity contribution >= 4 is 34.4 Å². The molecule has 0 fully saturated rings. The summed E-state index contributed by atoms with van der Waals surface area (Å²) in [5.74, 6) is -0.493. The highest BCUT2D eigenvalue weighted by Gasteiger charge is 2.26. The van der Waals surface area contributed by atoms with E-state index in [-0.39, 0.29) is 29.0 Å². The normalized spacial score (nSPS) is 14.7. The van der Waals surface area contributed by atoms with Crippen LogP contribution in [0, 0.1) is 11.6 Å². The Hall–Kier alpha value is -4.40. The lowest BCUT2D eigenvalue weighted by Crippen LogP contribution is -2.20. The lowest BCUT2D eigenvalue weighted by atomic mass is 9.84. The van der Waals surface area contributed by atoms with E-state index in [1.165, 1.54) is 28.7 Å². The van der Waals surface area contributed by atoms with Crippen LogP contribution >= 0.6 is 0 Å². The Morgan fingerprint density at radius 1 is 0.971 bits per heavy atom. The highest BCUT2D eigenvalue weighted by molar-refractivity contribution is 5.98. The average molecular weight is 456 g/mol. The second-order valence-corrected chi connectivity index (χ2v) is 8.25. The van der Waals surface area contributed by atoms with Gasteiger partial charge in [-0.3, -0.25) is 4.79 Å². The third-order valence-electron chi connectivity index (χ3n) is 6.14. The number of allylic oxidation sites excluding steroid dienone is 1. The molecule has 6 rings (SSSR count). The molecular weight excluding hydrogens is 438 g/mol. The van der Waals surface area contributed by atoms with E-state index in [0.717, 1.165) is 35.2 Å². The molecule has 1 aliphatic carbocycles. The fourth-order valence-corrected chi connectivity index (χ4v) is 4.62. The van der Waals surface area contributed by atoms with Crippen LogP contribution in [0.15, 0.2) is 53.3 Å². The van der Waals surface area contributed by atoms with Crippen molar-refractivity contribution in [2.24, 2.45) is 0 Å². The van der Waals surface area contributed by atoms with Gasteiger partial charge in [-0.05, 0) is 71.9 Å². The van der Waals surface area contributed by atoms with Gasteiger partial charge in [-0.15, -0.1) is 5.10 Å². The summed E-state index contributed by atoms with van der Waals surface area (Å²) in [6, 6.07) is 12.3. The number of hydrogen-bond donors (Lipinski definition) is 2. The molecule has 168 valence electrons. The maximum absolute atomic E-state index is 13.7. The molecule has 3 N–H and O–H groups in total. The van der Waals surface area contributed by atoms with Gasteiger partial charge in [0.25, 0.3) is 5.56 Å². The number of nitrogens with two attached hydrogens (primary N) is 1. The topological polar surface area (TPSA) is 102 Å². The molecule has 0 spiro atoms. The summed E-state index contributed by atoms with van der Waals surface area (Å²) >= 11 is 0. The van der Waals surface area contributed by atoms with Crippen LogP contribution in [0.4, 0.5) is 14.7 Å². The second-order valence-electron chi connectivity index (χ2n) is 8.25.